The molecule has 0 aromatic carbocycles. The minimum atomic E-state index is -0.882. The highest BCUT2D eigenvalue weighted by molar-refractivity contribution is 5.89. The molecule has 1 aromatic heterocycles. The second kappa shape index (κ2) is 22.5. The number of Topliss-reactive ketones (excluding diaryl/α,β-unsaturated/α-hetero) is 1. The molecule has 1 fully saturated rings. The Bertz CT molecular complexity index is 1320. The highest BCUT2D eigenvalue weighted by Crippen LogP contribution is 2.45. The predicted octanol–water partition coefficient (Wildman–Crippen LogP) is 12.2. The number of carboxylic acids is 1. The molecule has 1 aliphatic rings. The summed E-state index contributed by atoms with van der Waals surface area (Å²) in [5.41, 5.74) is 3.96. The Balaban J connectivity index is 0.00000118. The maximum atomic E-state index is 12.8. The number of allylic oxidation sites excluding steroid dienone is 4. The summed E-state index contributed by atoms with van der Waals surface area (Å²) in [4.78, 5) is 37.5. The van der Waals surface area contributed by atoms with Crippen LogP contribution in [0.15, 0.2) is 48.1 Å². The molecule has 0 aliphatic heterocycles. The lowest BCUT2D eigenvalue weighted by atomic mass is 9.71. The molecule has 6 heteroatoms. The van der Waals surface area contributed by atoms with E-state index in [1.54, 1.807) is 25.2 Å². The Morgan fingerprint density at radius 3 is 2.10 bits per heavy atom. The third-order valence-electron chi connectivity index (χ3n) is 9.62. The van der Waals surface area contributed by atoms with Gasteiger partial charge in [-0.3, -0.25) is 4.79 Å². The summed E-state index contributed by atoms with van der Waals surface area (Å²) in [5.74, 6) is 0.565. The molecule has 0 radical (unpaired) electrons. The van der Waals surface area contributed by atoms with Crippen molar-refractivity contribution in [1.82, 2.24) is 4.98 Å². The fourth-order valence-corrected chi connectivity index (χ4v) is 5.80. The van der Waals surface area contributed by atoms with Crippen LogP contribution in [-0.4, -0.2) is 33.7 Å². The summed E-state index contributed by atoms with van der Waals surface area (Å²) in [6.45, 7) is 30.7. The number of ether oxygens (including phenoxy) is 1. The number of ketones is 1. The number of aromatic nitrogens is 1. The Morgan fingerprint density at radius 1 is 1.08 bits per heavy atom. The number of hydrogen-bond donors (Lipinski definition) is 1. The molecule has 1 heterocycles. The fraction of sp³-hybridized carbons (Fsp3) is 0.636. The van der Waals surface area contributed by atoms with E-state index in [4.69, 9.17) is 19.6 Å². The van der Waals surface area contributed by atoms with Crippen molar-refractivity contribution in [3.8, 4) is 5.75 Å². The summed E-state index contributed by atoms with van der Waals surface area (Å²) in [6.07, 6.45) is 20.6. The summed E-state index contributed by atoms with van der Waals surface area (Å²) in [5, 5.41) is 8.80. The first-order valence-electron chi connectivity index (χ1n) is 18.9. The number of carboxylic acid groups (broad SMARTS) is 1. The summed E-state index contributed by atoms with van der Waals surface area (Å²) in [7, 11) is 0. The van der Waals surface area contributed by atoms with Gasteiger partial charge in [0.05, 0.1) is 5.57 Å². The average Bonchev–Trinajstić information content (AvgIpc) is 3.03. The standard InChI is InChI=1S/C30H49NO2.C12H18O2.C2H4O/c1-11-13-14-15-25-27(33-30(10,22(4)32)21(3)12-2)24(28(5,6)7)20-26(31-25)23-16-18-29(8,9)19-17-23;1-4-6-10(3)8-9-11(7-5-2)12(13)14;1-2-3/h14-15,20-21,23H,11-13,16-19H2,1-10H3;7-9H,3-6H2,1-2H3,(H,13,14);2H,1H3/b15-14+;9-8-,11-7+;. The monoisotopic (exact) mass is 694 g/mol. The molecule has 0 bridgehead atoms. The van der Waals surface area contributed by atoms with Crippen molar-refractivity contribution in [3.05, 3.63) is 65.0 Å². The predicted molar refractivity (Wildman–Crippen MR) is 212 cm³/mol. The molecule has 1 saturated carbocycles. The SMILES string of the molecule is C=C(/C=C\C(=C/CC)C(=O)O)CCC.CC=O.CCC/C=C/c1nc(C2CCC(C)(C)CC2)cc(C(C)(C)C)c1OC(C)(C(C)=O)C(C)CC. The van der Waals surface area contributed by atoms with E-state index in [-0.39, 0.29) is 17.1 Å². The van der Waals surface area contributed by atoms with Gasteiger partial charge in [0.15, 0.2) is 11.4 Å². The lowest BCUT2D eigenvalue weighted by Crippen LogP contribution is -2.46. The third kappa shape index (κ3) is 15.7. The van der Waals surface area contributed by atoms with Crippen molar-refractivity contribution in [3.63, 3.8) is 0 Å². The smallest absolute Gasteiger partial charge is 0.335 e. The van der Waals surface area contributed by atoms with Gasteiger partial charge in [-0.1, -0.05) is 112 Å². The molecule has 2 rings (SSSR count). The number of hydrogen-bond acceptors (Lipinski definition) is 5. The van der Waals surface area contributed by atoms with Crippen molar-refractivity contribution in [2.45, 2.75) is 171 Å². The molecule has 0 saturated heterocycles. The molecule has 0 spiro atoms. The van der Waals surface area contributed by atoms with Gasteiger partial charge in [-0.2, -0.15) is 0 Å². The Hall–Kier alpha value is -3.28. The molecule has 0 amide bonds. The van der Waals surface area contributed by atoms with Crippen molar-refractivity contribution in [1.29, 1.82) is 0 Å². The quantitative estimate of drug-likeness (QED) is 0.112. The number of unbranched alkanes of at least 4 members (excludes halogenated alkanes) is 1. The fourth-order valence-electron chi connectivity index (χ4n) is 5.80. The lowest BCUT2D eigenvalue weighted by Gasteiger charge is -2.37. The molecule has 2 atom stereocenters. The molecule has 1 N–H and O–H groups in total. The van der Waals surface area contributed by atoms with E-state index >= 15 is 0 Å². The number of carbonyl (C=O) groups is 3. The third-order valence-corrected chi connectivity index (χ3v) is 9.62. The molecule has 50 heavy (non-hydrogen) atoms. The molecule has 1 aliphatic carbocycles. The van der Waals surface area contributed by atoms with Crippen LogP contribution in [0.4, 0.5) is 0 Å². The zero-order valence-corrected chi connectivity index (χ0v) is 34.0. The largest absolute Gasteiger partial charge is 0.478 e. The number of carbonyl (C=O) groups excluding carboxylic acids is 2. The Kier molecular flexibility index (Phi) is 21.0. The lowest BCUT2D eigenvalue weighted by molar-refractivity contribution is -0.135. The number of aliphatic carboxylic acids is 1. The van der Waals surface area contributed by atoms with Gasteiger partial charge in [-0.05, 0) is 101 Å². The topological polar surface area (TPSA) is 93.6 Å². The van der Waals surface area contributed by atoms with Crippen LogP contribution in [0.5, 0.6) is 5.75 Å². The van der Waals surface area contributed by atoms with Gasteiger partial charge < -0.3 is 14.6 Å². The number of nitrogens with zero attached hydrogens (tertiary/aromatic N) is 1. The van der Waals surface area contributed by atoms with Gasteiger partial charge in [-0.15, -0.1) is 0 Å². The van der Waals surface area contributed by atoms with Gasteiger partial charge in [0.2, 0.25) is 0 Å². The van der Waals surface area contributed by atoms with Crippen molar-refractivity contribution < 1.29 is 24.2 Å². The van der Waals surface area contributed by atoms with E-state index in [2.05, 4.69) is 87.1 Å². The first kappa shape index (κ1) is 46.7. The number of rotatable bonds is 15. The highest BCUT2D eigenvalue weighted by atomic mass is 16.5. The maximum Gasteiger partial charge on any atom is 0.335 e. The van der Waals surface area contributed by atoms with Crippen LogP contribution in [0.25, 0.3) is 6.08 Å². The van der Waals surface area contributed by atoms with E-state index in [9.17, 15) is 9.59 Å². The second-order valence-electron chi connectivity index (χ2n) is 15.6. The molecule has 282 valence electrons. The van der Waals surface area contributed by atoms with Crippen LogP contribution in [0, 0.1) is 11.3 Å². The van der Waals surface area contributed by atoms with Crippen LogP contribution < -0.4 is 4.74 Å². The van der Waals surface area contributed by atoms with Crippen LogP contribution in [0.1, 0.15) is 177 Å². The van der Waals surface area contributed by atoms with Crippen LogP contribution in [0.3, 0.4) is 0 Å². The minimum Gasteiger partial charge on any atom is -0.478 e. The molecule has 2 unspecified atom stereocenters. The molecular formula is C44H71NO5. The van der Waals surface area contributed by atoms with Gasteiger partial charge in [0.1, 0.15) is 17.7 Å². The van der Waals surface area contributed by atoms with E-state index < -0.39 is 11.6 Å². The Labute approximate surface area is 306 Å². The van der Waals surface area contributed by atoms with Crippen LogP contribution in [0.2, 0.25) is 0 Å². The minimum absolute atomic E-state index is 0.0683. The van der Waals surface area contributed by atoms with Gasteiger partial charge in [0, 0.05) is 23.1 Å². The maximum absolute atomic E-state index is 12.8. The zero-order chi connectivity index (χ0) is 38.7. The highest BCUT2D eigenvalue weighted by Gasteiger charge is 2.40. The molecular weight excluding hydrogens is 622 g/mol. The van der Waals surface area contributed by atoms with E-state index in [1.807, 2.05) is 13.8 Å². The van der Waals surface area contributed by atoms with E-state index in [1.165, 1.54) is 38.3 Å². The molecule has 1 aromatic rings. The average molecular weight is 694 g/mol. The first-order valence-corrected chi connectivity index (χ1v) is 18.9. The van der Waals surface area contributed by atoms with E-state index in [0.717, 1.165) is 67.4 Å². The zero-order valence-electron chi connectivity index (χ0n) is 34.0. The van der Waals surface area contributed by atoms with Gasteiger partial charge in [0.25, 0.3) is 0 Å². The van der Waals surface area contributed by atoms with E-state index in [0.29, 0.717) is 16.9 Å². The van der Waals surface area contributed by atoms with Crippen LogP contribution in [-0.2, 0) is 19.8 Å². The van der Waals surface area contributed by atoms with Crippen LogP contribution >= 0.6 is 0 Å². The first-order chi connectivity index (χ1) is 23.3. The summed E-state index contributed by atoms with van der Waals surface area (Å²) in [6, 6.07) is 2.28. The number of pyridine rings is 1. The van der Waals surface area contributed by atoms with Crippen molar-refractivity contribution in [2.75, 3.05) is 0 Å². The summed E-state index contributed by atoms with van der Waals surface area (Å²) >= 11 is 0. The van der Waals surface area contributed by atoms with Crippen molar-refractivity contribution >= 4 is 24.1 Å². The second-order valence-corrected chi connectivity index (χ2v) is 15.6. The van der Waals surface area contributed by atoms with Gasteiger partial charge in [-0.25, -0.2) is 9.78 Å². The normalized spacial score (nSPS) is 16.8. The Morgan fingerprint density at radius 2 is 1.66 bits per heavy atom. The van der Waals surface area contributed by atoms with Gasteiger partial charge >= 0.3 is 5.97 Å². The van der Waals surface area contributed by atoms with Crippen molar-refractivity contribution in [2.24, 2.45) is 11.3 Å². The molecule has 6 nitrogen and oxygen atoms in total. The number of aldehydes is 1. The summed E-state index contributed by atoms with van der Waals surface area (Å²) < 4.78 is 6.75.